The Bertz CT molecular complexity index is 283. The number of alkyl carbamates (subject to hydrolysis) is 1. The molecule has 0 aromatic carbocycles. The summed E-state index contributed by atoms with van der Waals surface area (Å²) in [4.78, 5) is 11.6. The maximum absolute atomic E-state index is 11.6. The highest BCUT2D eigenvalue weighted by atomic mass is 35.5. The van der Waals surface area contributed by atoms with Crippen molar-refractivity contribution in [1.82, 2.24) is 5.32 Å². The molecule has 1 aliphatic carbocycles. The lowest BCUT2D eigenvalue weighted by atomic mass is 9.88. The highest BCUT2D eigenvalue weighted by Crippen LogP contribution is 2.49. The van der Waals surface area contributed by atoms with Crippen molar-refractivity contribution in [3.63, 3.8) is 0 Å². The highest BCUT2D eigenvalue weighted by Gasteiger charge is 2.43. The first-order valence-electron chi connectivity index (χ1n) is 6.85. The van der Waals surface area contributed by atoms with Gasteiger partial charge >= 0.3 is 6.09 Å². The number of ether oxygens (including phenoxy) is 1. The van der Waals surface area contributed by atoms with Gasteiger partial charge in [-0.05, 0) is 24.8 Å². The van der Waals surface area contributed by atoms with Crippen molar-refractivity contribution < 1.29 is 9.53 Å². The van der Waals surface area contributed by atoms with Gasteiger partial charge in [0.15, 0.2) is 5.56 Å². The molecule has 1 N–H and O–H groups in total. The normalized spacial score (nSPS) is 21.2. The first kappa shape index (κ1) is 15.8. The summed E-state index contributed by atoms with van der Waals surface area (Å²) in [7, 11) is -1.32. The van der Waals surface area contributed by atoms with Crippen LogP contribution < -0.4 is 5.32 Å². The molecule has 106 valence electrons. The van der Waals surface area contributed by atoms with Crippen molar-refractivity contribution in [2.24, 2.45) is 0 Å². The number of carbonyl (C=O) groups is 1. The van der Waals surface area contributed by atoms with Crippen LogP contribution in [0.5, 0.6) is 0 Å². The molecule has 0 aromatic heterocycles. The average Bonchev–Trinajstić information content (AvgIpc) is 2.25. The fourth-order valence-corrected chi connectivity index (χ4v) is 5.40. The Balaban J connectivity index is 2.60. The third-order valence-corrected chi connectivity index (χ3v) is 8.19. The number of halogens is 1. The lowest BCUT2D eigenvalue weighted by Crippen LogP contribution is -2.48. The Hall–Kier alpha value is -0.223. The molecule has 0 aliphatic heterocycles. The van der Waals surface area contributed by atoms with Gasteiger partial charge in [0, 0.05) is 6.54 Å². The summed E-state index contributed by atoms with van der Waals surface area (Å²) < 4.78 is 4.93. The van der Waals surface area contributed by atoms with Gasteiger partial charge in [-0.15, -0.1) is 0 Å². The molecule has 18 heavy (non-hydrogen) atoms. The number of carbonyl (C=O) groups excluding carboxylic acids is 1. The van der Waals surface area contributed by atoms with E-state index in [1.54, 1.807) is 6.92 Å². The average molecular weight is 292 g/mol. The van der Waals surface area contributed by atoms with Gasteiger partial charge in [0.2, 0.25) is 0 Å². The van der Waals surface area contributed by atoms with Gasteiger partial charge in [-0.25, -0.2) is 4.79 Å². The topological polar surface area (TPSA) is 38.3 Å². The molecule has 1 fully saturated rings. The van der Waals surface area contributed by atoms with Crippen molar-refractivity contribution in [3.8, 4) is 0 Å². The van der Waals surface area contributed by atoms with Crippen LogP contribution in [0.25, 0.3) is 0 Å². The summed E-state index contributed by atoms with van der Waals surface area (Å²) in [6, 6.07) is 0. The van der Waals surface area contributed by atoms with Gasteiger partial charge in [-0.3, -0.25) is 0 Å². The van der Waals surface area contributed by atoms with Gasteiger partial charge in [0.1, 0.15) is 0 Å². The van der Waals surface area contributed by atoms with E-state index in [1.165, 1.54) is 32.1 Å². The van der Waals surface area contributed by atoms with E-state index in [4.69, 9.17) is 16.3 Å². The maximum Gasteiger partial charge on any atom is 0.408 e. The molecule has 1 aliphatic rings. The molecule has 1 rings (SSSR count). The standard InChI is InChI=1S/C13H26ClNO2Si/c1-11(14)17-12(16)15-10-13(18(2,3)4)8-6-5-7-9-13/h11H,5-10H2,1-4H3,(H,15,16). The van der Waals surface area contributed by atoms with Gasteiger partial charge in [-0.2, -0.15) is 0 Å². The van der Waals surface area contributed by atoms with E-state index in [2.05, 4.69) is 25.0 Å². The summed E-state index contributed by atoms with van der Waals surface area (Å²) in [6.45, 7) is 9.59. The molecule has 3 nitrogen and oxygen atoms in total. The number of hydrogen-bond donors (Lipinski definition) is 1. The van der Waals surface area contributed by atoms with E-state index < -0.39 is 13.6 Å². The van der Waals surface area contributed by atoms with Gasteiger partial charge in [0.05, 0.1) is 8.07 Å². The van der Waals surface area contributed by atoms with Crippen LogP contribution >= 0.6 is 11.6 Å². The van der Waals surface area contributed by atoms with Crippen LogP contribution in [0.1, 0.15) is 39.0 Å². The molecule has 0 heterocycles. The molecule has 0 spiro atoms. The van der Waals surface area contributed by atoms with Crippen LogP contribution in [-0.2, 0) is 4.74 Å². The molecule has 0 saturated heterocycles. The zero-order valence-corrected chi connectivity index (χ0v) is 13.8. The first-order chi connectivity index (χ1) is 8.27. The molecule has 1 unspecified atom stereocenters. The molecule has 1 saturated carbocycles. The predicted octanol–water partition coefficient (Wildman–Crippen LogP) is 4.34. The molecule has 0 aromatic rings. The summed E-state index contributed by atoms with van der Waals surface area (Å²) >= 11 is 5.64. The Labute approximate surface area is 117 Å². The number of alkyl halides is 1. The van der Waals surface area contributed by atoms with Crippen LogP contribution in [0, 0.1) is 0 Å². The fraction of sp³-hybridized carbons (Fsp3) is 0.923. The lowest BCUT2D eigenvalue weighted by molar-refractivity contribution is 0.136. The molecule has 0 radical (unpaired) electrons. The van der Waals surface area contributed by atoms with Crippen LogP contribution in [0.3, 0.4) is 0 Å². The summed E-state index contributed by atoms with van der Waals surface area (Å²) in [5, 5.41) is 3.24. The molecular weight excluding hydrogens is 266 g/mol. The van der Waals surface area contributed by atoms with E-state index in [0.717, 1.165) is 6.54 Å². The van der Waals surface area contributed by atoms with Crippen molar-refractivity contribution >= 4 is 25.8 Å². The monoisotopic (exact) mass is 291 g/mol. The van der Waals surface area contributed by atoms with Crippen molar-refractivity contribution in [2.45, 2.75) is 69.3 Å². The summed E-state index contributed by atoms with van der Waals surface area (Å²) in [6.07, 6.45) is 5.98. The van der Waals surface area contributed by atoms with E-state index in [9.17, 15) is 4.79 Å². The van der Waals surface area contributed by atoms with Gasteiger partial charge in [-0.1, -0.05) is 50.5 Å². The van der Waals surface area contributed by atoms with Gasteiger partial charge in [0.25, 0.3) is 0 Å². The zero-order chi connectivity index (χ0) is 13.8. The molecular formula is C13H26ClNO2Si. The van der Waals surface area contributed by atoms with E-state index in [0.29, 0.717) is 5.04 Å². The van der Waals surface area contributed by atoms with E-state index in [1.807, 2.05) is 0 Å². The van der Waals surface area contributed by atoms with Crippen LogP contribution in [0.2, 0.25) is 24.7 Å². The largest absolute Gasteiger partial charge is 0.430 e. The molecule has 5 heteroatoms. The predicted molar refractivity (Wildman–Crippen MR) is 78.9 cm³/mol. The second-order valence-electron chi connectivity index (χ2n) is 6.39. The Kier molecular flexibility index (Phi) is 5.53. The smallest absolute Gasteiger partial charge is 0.408 e. The highest BCUT2D eigenvalue weighted by molar-refractivity contribution is 6.79. The van der Waals surface area contributed by atoms with E-state index >= 15 is 0 Å². The third kappa shape index (κ3) is 4.16. The molecule has 0 bridgehead atoms. The summed E-state index contributed by atoms with van der Waals surface area (Å²) in [5.74, 6) is 0. The minimum atomic E-state index is -1.32. The second-order valence-corrected chi connectivity index (χ2v) is 12.6. The Morgan fingerprint density at radius 1 is 1.33 bits per heavy atom. The van der Waals surface area contributed by atoms with Crippen molar-refractivity contribution in [2.75, 3.05) is 6.54 Å². The number of amides is 1. The van der Waals surface area contributed by atoms with Crippen molar-refractivity contribution in [3.05, 3.63) is 0 Å². The first-order valence-corrected chi connectivity index (χ1v) is 10.8. The number of hydrogen-bond acceptors (Lipinski definition) is 2. The van der Waals surface area contributed by atoms with Crippen LogP contribution in [0.4, 0.5) is 4.79 Å². The quantitative estimate of drug-likeness (QED) is 0.618. The number of nitrogens with one attached hydrogen (secondary N) is 1. The number of rotatable bonds is 4. The fourth-order valence-electron chi connectivity index (χ4n) is 2.85. The van der Waals surface area contributed by atoms with Crippen molar-refractivity contribution in [1.29, 1.82) is 0 Å². The van der Waals surface area contributed by atoms with Gasteiger partial charge < -0.3 is 10.1 Å². The summed E-state index contributed by atoms with van der Waals surface area (Å²) in [5.41, 5.74) is -0.570. The Morgan fingerprint density at radius 2 is 1.89 bits per heavy atom. The lowest BCUT2D eigenvalue weighted by Gasteiger charge is -2.46. The minimum Gasteiger partial charge on any atom is -0.430 e. The third-order valence-electron chi connectivity index (χ3n) is 4.24. The second kappa shape index (κ2) is 6.28. The van der Waals surface area contributed by atoms with Crippen LogP contribution in [-0.4, -0.2) is 26.3 Å². The SMILES string of the molecule is CC(Cl)OC(=O)NCC1([Si](C)(C)C)CCCCC1. The maximum atomic E-state index is 11.6. The van der Waals surface area contributed by atoms with E-state index in [-0.39, 0.29) is 6.09 Å². The molecule has 1 atom stereocenters. The Morgan fingerprint density at radius 3 is 2.33 bits per heavy atom. The zero-order valence-electron chi connectivity index (χ0n) is 12.0. The molecule has 1 amide bonds. The minimum absolute atomic E-state index is 0.319. The van der Waals surface area contributed by atoms with Crippen LogP contribution in [0.15, 0.2) is 0 Å².